The van der Waals surface area contributed by atoms with Gasteiger partial charge in [-0.25, -0.2) is 0 Å². The zero-order valence-corrected chi connectivity index (χ0v) is 13.4. The van der Waals surface area contributed by atoms with Gasteiger partial charge in [0, 0.05) is 10.6 Å². The number of thioether (sulfide) groups is 2. The number of nitriles is 1. The van der Waals surface area contributed by atoms with Crippen LogP contribution in [0.3, 0.4) is 0 Å². The Morgan fingerprint density at radius 3 is 2.95 bits per heavy atom. The van der Waals surface area contributed by atoms with Crippen LogP contribution in [0.2, 0.25) is 5.02 Å². The molecule has 0 radical (unpaired) electrons. The Bertz CT molecular complexity index is 538. The van der Waals surface area contributed by atoms with E-state index in [4.69, 9.17) is 11.6 Å². The van der Waals surface area contributed by atoms with Crippen LogP contribution in [0.4, 0.5) is 0 Å². The first-order chi connectivity index (χ1) is 9.56. The number of amides is 1. The van der Waals surface area contributed by atoms with E-state index < -0.39 is 5.54 Å². The quantitative estimate of drug-likeness (QED) is 0.862. The third-order valence-corrected chi connectivity index (χ3v) is 5.92. The number of hydrogen-bond donors (Lipinski definition) is 1. The van der Waals surface area contributed by atoms with Crippen molar-refractivity contribution in [1.82, 2.24) is 5.32 Å². The monoisotopic (exact) mass is 326 g/mol. The number of benzene rings is 1. The van der Waals surface area contributed by atoms with Crippen molar-refractivity contribution < 1.29 is 4.79 Å². The van der Waals surface area contributed by atoms with Gasteiger partial charge in [0.2, 0.25) is 5.91 Å². The highest BCUT2D eigenvalue weighted by molar-refractivity contribution is 8.00. The van der Waals surface area contributed by atoms with Crippen molar-refractivity contribution in [3.63, 3.8) is 0 Å². The molecule has 0 unspecified atom stereocenters. The van der Waals surface area contributed by atoms with Crippen molar-refractivity contribution in [2.75, 3.05) is 11.5 Å². The maximum absolute atomic E-state index is 12.2. The molecule has 0 spiro atoms. The van der Waals surface area contributed by atoms with E-state index in [2.05, 4.69) is 11.4 Å². The zero-order valence-electron chi connectivity index (χ0n) is 11.1. The molecule has 6 heteroatoms. The highest BCUT2D eigenvalue weighted by Crippen LogP contribution is 2.31. The molecule has 2 atom stereocenters. The van der Waals surface area contributed by atoms with Gasteiger partial charge in [-0.2, -0.15) is 17.0 Å². The summed E-state index contributed by atoms with van der Waals surface area (Å²) in [4.78, 5) is 13.1. The van der Waals surface area contributed by atoms with Gasteiger partial charge in [-0.3, -0.25) is 4.79 Å². The molecule has 1 aliphatic rings. The molecule has 1 fully saturated rings. The summed E-state index contributed by atoms with van der Waals surface area (Å²) in [7, 11) is 0. The number of carbonyl (C=O) groups is 1. The van der Waals surface area contributed by atoms with E-state index in [9.17, 15) is 10.1 Å². The predicted molar refractivity (Wildman–Crippen MR) is 85.2 cm³/mol. The summed E-state index contributed by atoms with van der Waals surface area (Å²) in [5.41, 5.74) is -0.697. The lowest BCUT2D eigenvalue weighted by atomic mass is 10.0. The highest BCUT2D eigenvalue weighted by atomic mass is 35.5. The second kappa shape index (κ2) is 6.75. The molecule has 1 aromatic carbocycles. The molecule has 0 aliphatic carbocycles. The average molecular weight is 327 g/mol. The maximum atomic E-state index is 12.2. The predicted octanol–water partition coefficient (Wildman–Crippen LogP) is 3.34. The second-order valence-corrected chi connectivity index (χ2v) is 7.57. The standard InChI is InChI=1S/C14H15ClN2OS2/c1-10(20-12-5-3-2-4-11(12)15)13(18)17-14(8-16)6-7-19-9-14/h2-5,10H,6-7,9H2,1H3,(H,17,18)/t10-,14-/m0/s1. The van der Waals surface area contributed by atoms with Crippen LogP contribution < -0.4 is 5.32 Å². The van der Waals surface area contributed by atoms with Gasteiger partial charge in [-0.1, -0.05) is 23.7 Å². The van der Waals surface area contributed by atoms with Crippen LogP contribution in [0.15, 0.2) is 29.2 Å². The van der Waals surface area contributed by atoms with E-state index in [0.717, 1.165) is 10.6 Å². The molecule has 2 rings (SSSR count). The van der Waals surface area contributed by atoms with E-state index in [1.807, 2.05) is 25.1 Å². The van der Waals surface area contributed by atoms with Crippen molar-refractivity contribution in [3.8, 4) is 6.07 Å². The summed E-state index contributed by atoms with van der Waals surface area (Å²) in [6, 6.07) is 9.70. The minimum absolute atomic E-state index is 0.112. The first kappa shape index (κ1) is 15.6. The van der Waals surface area contributed by atoms with Crippen molar-refractivity contribution in [1.29, 1.82) is 5.26 Å². The normalized spacial score (nSPS) is 23.1. The zero-order chi connectivity index (χ0) is 14.6. The SMILES string of the molecule is C[C@H](Sc1ccccc1Cl)C(=O)N[C@]1(C#N)CCSC1. The van der Waals surface area contributed by atoms with Gasteiger partial charge in [0.25, 0.3) is 0 Å². The molecule has 1 amide bonds. The molecule has 20 heavy (non-hydrogen) atoms. The van der Waals surface area contributed by atoms with Crippen molar-refractivity contribution in [2.24, 2.45) is 0 Å². The fourth-order valence-corrected chi connectivity index (χ4v) is 4.32. The Morgan fingerprint density at radius 2 is 2.35 bits per heavy atom. The van der Waals surface area contributed by atoms with Crippen LogP contribution in [-0.2, 0) is 4.79 Å². The summed E-state index contributed by atoms with van der Waals surface area (Å²) in [5, 5.41) is 12.5. The fraction of sp³-hybridized carbons (Fsp3) is 0.429. The summed E-state index contributed by atoms with van der Waals surface area (Å²) in [5.74, 6) is 1.47. The third-order valence-electron chi connectivity index (χ3n) is 3.11. The van der Waals surface area contributed by atoms with Gasteiger partial charge in [-0.15, -0.1) is 11.8 Å². The van der Waals surface area contributed by atoms with Crippen LogP contribution in [0.1, 0.15) is 13.3 Å². The van der Waals surface area contributed by atoms with Crippen LogP contribution in [0, 0.1) is 11.3 Å². The molecule has 3 nitrogen and oxygen atoms in total. The van der Waals surface area contributed by atoms with Crippen LogP contribution in [0.25, 0.3) is 0 Å². The van der Waals surface area contributed by atoms with Gasteiger partial charge >= 0.3 is 0 Å². The molecular formula is C14H15ClN2OS2. The summed E-state index contributed by atoms with van der Waals surface area (Å²) in [6.45, 7) is 1.83. The molecule has 0 aromatic heterocycles. The average Bonchev–Trinajstić information content (AvgIpc) is 2.90. The minimum Gasteiger partial charge on any atom is -0.336 e. The van der Waals surface area contributed by atoms with Crippen LogP contribution in [0.5, 0.6) is 0 Å². The Kier molecular flexibility index (Phi) is 5.25. The molecule has 0 saturated carbocycles. The van der Waals surface area contributed by atoms with E-state index in [-0.39, 0.29) is 11.2 Å². The molecule has 1 aliphatic heterocycles. The molecular weight excluding hydrogens is 312 g/mol. The lowest BCUT2D eigenvalue weighted by molar-refractivity contribution is -0.121. The fourth-order valence-electron chi connectivity index (χ4n) is 1.90. The van der Waals surface area contributed by atoms with Gasteiger partial charge < -0.3 is 5.32 Å². The number of nitrogens with zero attached hydrogens (tertiary/aromatic N) is 1. The lowest BCUT2D eigenvalue weighted by Crippen LogP contribution is -2.50. The first-order valence-corrected chi connectivity index (χ1v) is 8.70. The Hall–Kier alpha value is -0.830. The van der Waals surface area contributed by atoms with Crippen molar-refractivity contribution >= 4 is 41.0 Å². The van der Waals surface area contributed by atoms with Crippen molar-refractivity contribution in [3.05, 3.63) is 29.3 Å². The van der Waals surface area contributed by atoms with Gasteiger partial charge in [0.1, 0.15) is 5.54 Å². The maximum Gasteiger partial charge on any atom is 0.234 e. The van der Waals surface area contributed by atoms with Gasteiger partial charge in [-0.05, 0) is 31.2 Å². The first-order valence-electron chi connectivity index (χ1n) is 6.28. The topological polar surface area (TPSA) is 52.9 Å². The molecule has 1 aromatic rings. The highest BCUT2D eigenvalue weighted by Gasteiger charge is 2.37. The van der Waals surface area contributed by atoms with Crippen LogP contribution >= 0.6 is 35.1 Å². The van der Waals surface area contributed by atoms with Gasteiger partial charge in [0.05, 0.1) is 16.3 Å². The molecule has 1 heterocycles. The van der Waals surface area contributed by atoms with E-state index in [1.54, 1.807) is 17.8 Å². The number of halogens is 1. The number of carbonyl (C=O) groups excluding carboxylic acids is 1. The van der Waals surface area contributed by atoms with E-state index in [1.165, 1.54) is 11.8 Å². The molecule has 1 saturated heterocycles. The second-order valence-electron chi connectivity index (χ2n) is 4.68. The molecule has 0 bridgehead atoms. The number of hydrogen-bond acceptors (Lipinski definition) is 4. The molecule has 1 N–H and O–H groups in total. The summed E-state index contributed by atoms with van der Waals surface area (Å²) >= 11 is 9.20. The smallest absolute Gasteiger partial charge is 0.234 e. The number of rotatable bonds is 4. The molecule has 106 valence electrons. The van der Waals surface area contributed by atoms with Gasteiger partial charge in [0.15, 0.2) is 0 Å². The van der Waals surface area contributed by atoms with Crippen molar-refractivity contribution in [2.45, 2.75) is 29.0 Å². The van der Waals surface area contributed by atoms with Crippen LogP contribution in [-0.4, -0.2) is 28.2 Å². The van der Waals surface area contributed by atoms with E-state index >= 15 is 0 Å². The number of nitrogens with one attached hydrogen (secondary N) is 1. The Morgan fingerprint density at radius 1 is 1.60 bits per heavy atom. The van der Waals surface area contributed by atoms with E-state index in [0.29, 0.717) is 17.2 Å². The summed E-state index contributed by atoms with van der Waals surface area (Å²) < 4.78 is 0. The lowest BCUT2D eigenvalue weighted by Gasteiger charge is -2.23. The minimum atomic E-state index is -0.697. The third kappa shape index (κ3) is 3.63. The largest absolute Gasteiger partial charge is 0.336 e. The Balaban J connectivity index is 1.99. The Labute approximate surface area is 132 Å². The summed E-state index contributed by atoms with van der Waals surface area (Å²) in [6.07, 6.45) is 0.712.